The summed E-state index contributed by atoms with van der Waals surface area (Å²) in [7, 11) is 0. The molecule has 7 heteroatoms. The number of benzene rings is 3. The Bertz CT molecular complexity index is 1170. The smallest absolute Gasteiger partial charge is 0.246 e. The van der Waals surface area contributed by atoms with Gasteiger partial charge in [-0.2, -0.15) is 5.11 Å². The van der Waals surface area contributed by atoms with Crippen LogP contribution in [0.5, 0.6) is 11.5 Å². The topological polar surface area (TPSA) is 111 Å². The number of phenols is 2. The Kier molecular flexibility index (Phi) is 7.13. The average molecular weight is 429 g/mol. The van der Waals surface area contributed by atoms with Crippen molar-refractivity contribution in [1.29, 1.82) is 0 Å². The van der Waals surface area contributed by atoms with Crippen LogP contribution in [0.25, 0.3) is 0 Å². The van der Waals surface area contributed by atoms with E-state index in [1.54, 1.807) is 49.4 Å². The molecule has 3 aromatic carbocycles. The summed E-state index contributed by atoms with van der Waals surface area (Å²) in [5, 5.41) is 31.1. The molecule has 32 heavy (non-hydrogen) atoms. The zero-order chi connectivity index (χ0) is 23.1. The quantitative estimate of drug-likeness (QED) is 0.266. The molecule has 7 nitrogen and oxygen atoms in total. The van der Waals surface area contributed by atoms with Crippen LogP contribution in [0.1, 0.15) is 28.4 Å². The summed E-state index contributed by atoms with van der Waals surface area (Å²) >= 11 is 0. The van der Waals surface area contributed by atoms with Crippen LogP contribution < -0.4 is 5.32 Å². The number of hydrogen-bond donors (Lipinski definition) is 3. The molecular formula is C25H23N3O4. The third-order valence-electron chi connectivity index (χ3n) is 4.67. The molecule has 0 aliphatic heterocycles. The van der Waals surface area contributed by atoms with Gasteiger partial charge in [-0.05, 0) is 37.1 Å². The summed E-state index contributed by atoms with van der Waals surface area (Å²) in [5.74, 6) is -1.18. The Morgan fingerprint density at radius 3 is 2.28 bits per heavy atom. The van der Waals surface area contributed by atoms with E-state index in [0.29, 0.717) is 29.8 Å². The van der Waals surface area contributed by atoms with Crippen molar-refractivity contribution in [2.24, 2.45) is 10.2 Å². The molecule has 0 atom stereocenters. The van der Waals surface area contributed by atoms with Crippen molar-refractivity contribution in [3.8, 4) is 11.5 Å². The maximum absolute atomic E-state index is 12.7. The first kappa shape index (κ1) is 22.4. The van der Waals surface area contributed by atoms with Gasteiger partial charge in [-0.1, -0.05) is 49.0 Å². The van der Waals surface area contributed by atoms with Crippen LogP contribution in [0.2, 0.25) is 0 Å². The first-order valence-electron chi connectivity index (χ1n) is 9.95. The van der Waals surface area contributed by atoms with Gasteiger partial charge >= 0.3 is 0 Å². The number of phenolic OH excluding ortho intramolecular Hbond substituents is 2. The van der Waals surface area contributed by atoms with Crippen molar-refractivity contribution >= 4 is 23.1 Å². The fraction of sp³-hybridized carbons (Fsp3) is 0.120. The third kappa shape index (κ3) is 5.66. The van der Waals surface area contributed by atoms with E-state index in [0.717, 1.165) is 11.6 Å². The molecule has 0 radical (unpaired) electrons. The summed E-state index contributed by atoms with van der Waals surface area (Å²) in [6, 6.07) is 18.1. The molecule has 0 saturated heterocycles. The number of nitrogens with one attached hydrogen (secondary N) is 1. The van der Waals surface area contributed by atoms with Gasteiger partial charge in [-0.25, -0.2) is 0 Å². The van der Waals surface area contributed by atoms with E-state index in [-0.39, 0.29) is 34.4 Å². The summed E-state index contributed by atoms with van der Waals surface area (Å²) < 4.78 is 0. The van der Waals surface area contributed by atoms with Crippen molar-refractivity contribution in [1.82, 2.24) is 5.32 Å². The Morgan fingerprint density at radius 1 is 0.938 bits per heavy atom. The Labute approximate surface area is 185 Å². The number of rotatable bonds is 8. The average Bonchev–Trinajstić information content (AvgIpc) is 2.79. The SMILES string of the molecule is C=C(C)C(=O)NCCc1ccc(N=Nc2cc(C(=O)c3ccccc3)c(O)cc2O)cc1. The number of carbonyl (C=O) groups excluding carboxylic acids is 2. The van der Waals surface area contributed by atoms with Gasteiger partial charge in [-0.15, -0.1) is 5.11 Å². The number of amides is 1. The second-order valence-corrected chi connectivity index (χ2v) is 7.21. The van der Waals surface area contributed by atoms with Gasteiger partial charge in [0, 0.05) is 23.7 Å². The summed E-state index contributed by atoms with van der Waals surface area (Å²) in [4.78, 5) is 24.2. The van der Waals surface area contributed by atoms with Crippen LogP contribution in [0, 0.1) is 0 Å². The Morgan fingerprint density at radius 2 is 1.62 bits per heavy atom. The molecule has 3 aromatic rings. The van der Waals surface area contributed by atoms with E-state index in [9.17, 15) is 19.8 Å². The molecule has 0 fully saturated rings. The zero-order valence-corrected chi connectivity index (χ0v) is 17.6. The maximum atomic E-state index is 12.7. The maximum Gasteiger partial charge on any atom is 0.246 e. The molecule has 0 saturated carbocycles. The number of azo groups is 1. The van der Waals surface area contributed by atoms with Gasteiger partial charge < -0.3 is 15.5 Å². The Balaban J connectivity index is 1.71. The lowest BCUT2D eigenvalue weighted by Gasteiger charge is -2.07. The molecule has 162 valence electrons. The van der Waals surface area contributed by atoms with Crippen molar-refractivity contribution in [2.45, 2.75) is 13.3 Å². The lowest BCUT2D eigenvalue weighted by atomic mass is 10.0. The second kappa shape index (κ2) is 10.2. The van der Waals surface area contributed by atoms with Gasteiger partial charge in [-0.3, -0.25) is 9.59 Å². The highest BCUT2D eigenvalue weighted by molar-refractivity contribution is 6.11. The molecule has 0 spiro atoms. The summed E-state index contributed by atoms with van der Waals surface area (Å²) in [5.41, 5.74) is 2.51. The molecule has 1 amide bonds. The van der Waals surface area contributed by atoms with E-state index in [2.05, 4.69) is 22.1 Å². The van der Waals surface area contributed by atoms with E-state index in [1.807, 2.05) is 12.1 Å². The molecule has 0 heterocycles. The van der Waals surface area contributed by atoms with Crippen LogP contribution in [-0.2, 0) is 11.2 Å². The van der Waals surface area contributed by atoms with E-state index >= 15 is 0 Å². The molecule has 0 aromatic heterocycles. The van der Waals surface area contributed by atoms with Crippen LogP contribution in [-0.4, -0.2) is 28.4 Å². The molecule has 3 N–H and O–H groups in total. The fourth-order valence-electron chi connectivity index (χ4n) is 2.88. The molecule has 0 bridgehead atoms. The van der Waals surface area contributed by atoms with Crippen molar-refractivity contribution < 1.29 is 19.8 Å². The number of hydrogen-bond acceptors (Lipinski definition) is 6. The number of nitrogens with zero attached hydrogens (tertiary/aromatic N) is 2. The van der Waals surface area contributed by atoms with Gasteiger partial charge in [0.05, 0.1) is 11.3 Å². The molecule has 0 aliphatic rings. The van der Waals surface area contributed by atoms with Crippen LogP contribution in [0.4, 0.5) is 11.4 Å². The highest BCUT2D eigenvalue weighted by Crippen LogP contribution is 2.35. The predicted molar refractivity (Wildman–Crippen MR) is 122 cm³/mol. The van der Waals surface area contributed by atoms with Crippen LogP contribution in [0.15, 0.2) is 89.1 Å². The van der Waals surface area contributed by atoms with Crippen LogP contribution in [0.3, 0.4) is 0 Å². The first-order chi connectivity index (χ1) is 15.3. The van der Waals surface area contributed by atoms with Crippen molar-refractivity contribution in [3.05, 3.63) is 95.6 Å². The number of carbonyl (C=O) groups is 2. The van der Waals surface area contributed by atoms with E-state index in [4.69, 9.17) is 0 Å². The monoisotopic (exact) mass is 429 g/mol. The van der Waals surface area contributed by atoms with Crippen molar-refractivity contribution in [3.63, 3.8) is 0 Å². The molecular weight excluding hydrogens is 406 g/mol. The fourth-order valence-corrected chi connectivity index (χ4v) is 2.88. The lowest BCUT2D eigenvalue weighted by Crippen LogP contribution is -2.25. The second-order valence-electron chi connectivity index (χ2n) is 7.21. The minimum atomic E-state index is -0.386. The normalized spacial score (nSPS) is 10.8. The van der Waals surface area contributed by atoms with E-state index < -0.39 is 0 Å². The minimum absolute atomic E-state index is 0.0232. The van der Waals surface area contributed by atoms with E-state index in [1.165, 1.54) is 6.07 Å². The molecule has 0 unspecified atom stereocenters. The molecule has 0 aliphatic carbocycles. The van der Waals surface area contributed by atoms with Gasteiger partial charge in [0.25, 0.3) is 0 Å². The van der Waals surface area contributed by atoms with Gasteiger partial charge in [0.15, 0.2) is 5.78 Å². The predicted octanol–water partition coefficient (Wildman–Crippen LogP) is 4.98. The van der Waals surface area contributed by atoms with Crippen molar-refractivity contribution in [2.75, 3.05) is 6.54 Å². The summed E-state index contributed by atoms with van der Waals surface area (Å²) in [6.07, 6.45) is 0.653. The standard InChI is InChI=1S/C25H23N3O4/c1-16(2)25(32)26-13-12-17-8-10-19(11-9-17)27-28-21-14-20(22(29)15-23(21)30)24(31)18-6-4-3-5-7-18/h3-11,14-15,29-30H,1,12-13H2,2H3,(H,26,32). The van der Waals surface area contributed by atoms with Crippen LogP contribution >= 0.6 is 0 Å². The van der Waals surface area contributed by atoms with Gasteiger partial charge in [0.1, 0.15) is 17.2 Å². The largest absolute Gasteiger partial charge is 0.507 e. The minimum Gasteiger partial charge on any atom is -0.507 e. The number of ketones is 1. The first-order valence-corrected chi connectivity index (χ1v) is 9.95. The molecule has 3 rings (SSSR count). The summed E-state index contributed by atoms with van der Waals surface area (Å²) in [6.45, 7) is 5.74. The highest BCUT2D eigenvalue weighted by Gasteiger charge is 2.17. The zero-order valence-electron chi connectivity index (χ0n) is 17.6. The lowest BCUT2D eigenvalue weighted by molar-refractivity contribution is -0.117. The third-order valence-corrected chi connectivity index (χ3v) is 4.67. The number of aromatic hydroxyl groups is 2. The Hall–Kier alpha value is -4.26. The highest BCUT2D eigenvalue weighted by atomic mass is 16.3. The van der Waals surface area contributed by atoms with Gasteiger partial charge in [0.2, 0.25) is 5.91 Å².